The topological polar surface area (TPSA) is 64.8 Å². The number of methoxy groups -OCH3 is 1. The van der Waals surface area contributed by atoms with Crippen molar-refractivity contribution >= 4 is 27.5 Å². The second-order valence-electron chi connectivity index (χ2n) is 4.10. The summed E-state index contributed by atoms with van der Waals surface area (Å²) >= 11 is 1.52. The van der Waals surface area contributed by atoms with Crippen LogP contribution in [0, 0.1) is 0 Å². The smallest absolute Gasteiger partial charge is 0.266 e. The van der Waals surface area contributed by atoms with Crippen LogP contribution >= 0.6 is 11.3 Å². The van der Waals surface area contributed by atoms with Crippen LogP contribution in [0.25, 0.3) is 10.2 Å². The Morgan fingerprint density at radius 1 is 1.40 bits per heavy atom. The first-order valence-electron chi connectivity index (χ1n) is 6.16. The molecule has 1 aromatic carbocycles. The molecule has 0 aliphatic heterocycles. The highest BCUT2D eigenvalue weighted by atomic mass is 32.1. The Hall–Kier alpha value is -1.70. The number of aromatic nitrogens is 1. The van der Waals surface area contributed by atoms with Crippen molar-refractivity contribution in [3.8, 4) is 0 Å². The van der Waals surface area contributed by atoms with Crippen molar-refractivity contribution in [2.45, 2.75) is 0 Å². The Labute approximate surface area is 120 Å². The van der Waals surface area contributed by atoms with Gasteiger partial charge in [0.15, 0.2) is 0 Å². The number of para-hydroxylation sites is 1. The number of amides is 1. The minimum absolute atomic E-state index is 0.0263. The van der Waals surface area contributed by atoms with Crippen LogP contribution in [0.4, 0.5) is 0 Å². The van der Waals surface area contributed by atoms with Crippen molar-refractivity contribution in [1.29, 1.82) is 0 Å². The molecule has 0 spiro atoms. The lowest BCUT2D eigenvalue weighted by atomic mass is 10.3. The number of aryl methyl sites for hydroxylation is 1. The van der Waals surface area contributed by atoms with E-state index in [1.165, 1.54) is 11.3 Å². The maximum Gasteiger partial charge on any atom is 0.266 e. The van der Waals surface area contributed by atoms with E-state index in [0.29, 0.717) is 13.2 Å². The van der Waals surface area contributed by atoms with Gasteiger partial charge >= 0.3 is 0 Å². The van der Waals surface area contributed by atoms with Crippen LogP contribution in [-0.4, -0.2) is 37.4 Å². The van der Waals surface area contributed by atoms with E-state index in [2.05, 4.69) is 10.5 Å². The molecule has 20 heavy (non-hydrogen) atoms. The molecule has 1 N–H and O–H groups in total. The van der Waals surface area contributed by atoms with Gasteiger partial charge in [0.2, 0.25) is 4.80 Å². The number of carbonyl (C=O) groups is 1. The number of hydrogen-bond donors (Lipinski definition) is 1. The normalized spacial score (nSPS) is 12.0. The molecule has 0 aliphatic rings. The van der Waals surface area contributed by atoms with Crippen molar-refractivity contribution in [3.05, 3.63) is 29.1 Å². The molecule has 0 saturated heterocycles. The third kappa shape index (κ3) is 3.66. The summed E-state index contributed by atoms with van der Waals surface area (Å²) in [5, 5.41) is 4.11. The van der Waals surface area contributed by atoms with Gasteiger partial charge in [-0.3, -0.25) is 4.79 Å². The fraction of sp³-hybridized carbons (Fsp3) is 0.385. The summed E-state index contributed by atoms with van der Waals surface area (Å²) in [6.45, 7) is 0.831. The molecule has 1 aromatic heterocycles. The average molecular weight is 295 g/mol. The van der Waals surface area contributed by atoms with Crippen LogP contribution in [0.15, 0.2) is 29.4 Å². The summed E-state index contributed by atoms with van der Waals surface area (Å²) in [5.41, 5.74) is 3.57. The number of carbonyl (C=O) groups excluding carboxylic acids is 1. The number of ether oxygens (including phenoxy) is 2. The summed E-state index contributed by atoms with van der Waals surface area (Å²) in [4.78, 5) is 12.3. The van der Waals surface area contributed by atoms with E-state index >= 15 is 0 Å². The zero-order valence-corrected chi connectivity index (χ0v) is 12.3. The van der Waals surface area contributed by atoms with Gasteiger partial charge in [0, 0.05) is 14.2 Å². The van der Waals surface area contributed by atoms with Crippen LogP contribution in [0.5, 0.6) is 0 Å². The maximum atomic E-state index is 11.5. The molecule has 6 nitrogen and oxygen atoms in total. The van der Waals surface area contributed by atoms with Crippen molar-refractivity contribution in [3.63, 3.8) is 0 Å². The van der Waals surface area contributed by atoms with Crippen molar-refractivity contribution in [1.82, 2.24) is 9.99 Å². The molecule has 108 valence electrons. The standard InChI is InChI=1S/C13H17N3O3S/c1-16-10-5-3-4-6-11(10)20-13(16)15-14-12(17)9-19-8-7-18-2/h3-6H,7-9H2,1-2H3,(H,14,17)/b15-13-. The molecule has 0 fully saturated rings. The van der Waals surface area contributed by atoms with Crippen molar-refractivity contribution in [2.24, 2.45) is 12.1 Å². The highest BCUT2D eigenvalue weighted by molar-refractivity contribution is 7.16. The Morgan fingerprint density at radius 3 is 2.95 bits per heavy atom. The Morgan fingerprint density at radius 2 is 2.20 bits per heavy atom. The third-order valence-electron chi connectivity index (χ3n) is 2.66. The van der Waals surface area contributed by atoms with Crippen molar-refractivity contribution in [2.75, 3.05) is 26.9 Å². The number of benzene rings is 1. The number of nitrogens with zero attached hydrogens (tertiary/aromatic N) is 2. The van der Waals surface area contributed by atoms with Gasteiger partial charge in [0.05, 0.1) is 23.4 Å². The van der Waals surface area contributed by atoms with E-state index < -0.39 is 0 Å². The zero-order chi connectivity index (χ0) is 14.4. The highest BCUT2D eigenvalue weighted by Crippen LogP contribution is 2.14. The maximum absolute atomic E-state index is 11.5. The molecule has 7 heteroatoms. The lowest BCUT2D eigenvalue weighted by Gasteiger charge is -2.01. The molecule has 2 aromatic rings. The minimum atomic E-state index is -0.279. The fourth-order valence-corrected chi connectivity index (χ4v) is 2.62. The van der Waals surface area contributed by atoms with Gasteiger partial charge in [-0.05, 0) is 12.1 Å². The number of thiazole rings is 1. The van der Waals surface area contributed by atoms with Crippen LogP contribution < -0.4 is 10.2 Å². The van der Waals surface area contributed by atoms with Gasteiger partial charge in [-0.25, -0.2) is 5.43 Å². The fourth-order valence-electron chi connectivity index (χ4n) is 1.64. The summed E-state index contributed by atoms with van der Waals surface area (Å²) in [6, 6.07) is 7.99. The molecule has 0 bridgehead atoms. The molecule has 0 unspecified atom stereocenters. The van der Waals surface area contributed by atoms with Gasteiger partial charge in [-0.2, -0.15) is 0 Å². The van der Waals surface area contributed by atoms with Crippen LogP contribution in [0.3, 0.4) is 0 Å². The van der Waals surface area contributed by atoms with E-state index in [9.17, 15) is 4.79 Å². The number of nitrogens with one attached hydrogen (secondary N) is 1. The second kappa shape index (κ2) is 7.18. The molecule has 1 amide bonds. The summed E-state index contributed by atoms with van der Waals surface area (Å²) in [6.07, 6.45) is 0. The third-order valence-corrected chi connectivity index (χ3v) is 3.77. The Kier molecular flexibility index (Phi) is 5.28. The molecule has 0 aliphatic carbocycles. The van der Waals surface area contributed by atoms with Gasteiger partial charge in [0.25, 0.3) is 5.91 Å². The monoisotopic (exact) mass is 295 g/mol. The van der Waals surface area contributed by atoms with Crippen LogP contribution in [0.1, 0.15) is 0 Å². The predicted octanol–water partition coefficient (Wildman–Crippen LogP) is 0.835. The van der Waals surface area contributed by atoms with E-state index in [0.717, 1.165) is 15.0 Å². The first-order chi connectivity index (χ1) is 9.72. The molecular formula is C13H17N3O3S. The molecule has 2 rings (SSSR count). The molecule has 0 atom stereocenters. The summed E-state index contributed by atoms with van der Waals surface area (Å²) in [7, 11) is 3.50. The SMILES string of the molecule is COCCOCC(=O)N/N=c1\sc2ccccc2n1C. The number of fused-ring (bicyclic) bond motifs is 1. The first-order valence-corrected chi connectivity index (χ1v) is 6.98. The quantitative estimate of drug-likeness (QED) is 0.634. The van der Waals surface area contributed by atoms with Gasteiger partial charge in [-0.1, -0.05) is 23.5 Å². The molecular weight excluding hydrogens is 278 g/mol. The summed E-state index contributed by atoms with van der Waals surface area (Å²) in [5.74, 6) is -0.279. The Bertz CT molecular complexity index is 648. The number of rotatable bonds is 6. The van der Waals surface area contributed by atoms with Gasteiger partial charge < -0.3 is 14.0 Å². The zero-order valence-electron chi connectivity index (χ0n) is 11.5. The van der Waals surface area contributed by atoms with E-state index in [4.69, 9.17) is 9.47 Å². The summed E-state index contributed by atoms with van der Waals surface area (Å²) < 4.78 is 13.0. The van der Waals surface area contributed by atoms with E-state index in [1.54, 1.807) is 7.11 Å². The van der Waals surface area contributed by atoms with E-state index in [1.807, 2.05) is 35.9 Å². The number of hydrogen-bond acceptors (Lipinski definition) is 5. The highest BCUT2D eigenvalue weighted by Gasteiger charge is 2.03. The lowest BCUT2D eigenvalue weighted by Crippen LogP contribution is -2.27. The molecule has 0 radical (unpaired) electrons. The first kappa shape index (κ1) is 14.7. The molecule has 0 saturated carbocycles. The molecule has 1 heterocycles. The second-order valence-corrected chi connectivity index (χ2v) is 5.11. The van der Waals surface area contributed by atoms with Gasteiger partial charge in [-0.15, -0.1) is 5.10 Å². The van der Waals surface area contributed by atoms with Crippen LogP contribution in [0.2, 0.25) is 0 Å². The predicted molar refractivity (Wildman–Crippen MR) is 77.2 cm³/mol. The Balaban J connectivity index is 1.99. The van der Waals surface area contributed by atoms with E-state index in [-0.39, 0.29) is 12.5 Å². The lowest BCUT2D eigenvalue weighted by molar-refractivity contribution is -0.126. The van der Waals surface area contributed by atoms with Crippen LogP contribution in [-0.2, 0) is 21.3 Å². The minimum Gasteiger partial charge on any atom is -0.382 e. The largest absolute Gasteiger partial charge is 0.382 e. The van der Waals surface area contributed by atoms with Gasteiger partial charge in [0.1, 0.15) is 6.61 Å². The van der Waals surface area contributed by atoms with Crippen molar-refractivity contribution < 1.29 is 14.3 Å². The average Bonchev–Trinajstić information content (AvgIpc) is 2.78.